The van der Waals surface area contributed by atoms with E-state index in [1.807, 2.05) is 11.8 Å². The zero-order valence-electron chi connectivity index (χ0n) is 11.3. The molecule has 0 unspecified atom stereocenters. The molecule has 0 spiro atoms. The van der Waals surface area contributed by atoms with Gasteiger partial charge in [-0.25, -0.2) is 9.97 Å². The zero-order valence-corrected chi connectivity index (χ0v) is 15.0. The van der Waals surface area contributed by atoms with Crippen LogP contribution in [-0.4, -0.2) is 15.2 Å². The van der Waals surface area contributed by atoms with Gasteiger partial charge < -0.3 is 0 Å². The first-order valence-electron chi connectivity index (χ1n) is 7.03. The minimum Gasteiger partial charge on any atom is -0.236 e. The molecule has 2 nitrogen and oxygen atoms in total. The molecule has 1 aliphatic rings. The standard InChI is InChI=1S/C14H20ClIN2S/c1-2-6-11-13(16)14(15)18-12(17-11)9-19-10-7-4-3-5-8-10/h10H,2-9H2,1H3. The molecule has 1 aromatic heterocycles. The lowest BCUT2D eigenvalue weighted by Gasteiger charge is -2.20. The van der Waals surface area contributed by atoms with Gasteiger partial charge in [-0.1, -0.05) is 44.2 Å². The predicted molar refractivity (Wildman–Crippen MR) is 91.9 cm³/mol. The second-order valence-corrected chi connectivity index (χ2v) is 7.74. The third-order valence-electron chi connectivity index (χ3n) is 3.41. The highest BCUT2D eigenvalue weighted by molar-refractivity contribution is 14.1. The van der Waals surface area contributed by atoms with E-state index in [2.05, 4.69) is 39.5 Å². The summed E-state index contributed by atoms with van der Waals surface area (Å²) in [4.78, 5) is 9.11. The Balaban J connectivity index is 1.99. The molecule has 1 heterocycles. The van der Waals surface area contributed by atoms with E-state index in [1.165, 1.54) is 32.1 Å². The van der Waals surface area contributed by atoms with Crippen molar-refractivity contribution in [2.45, 2.75) is 62.9 Å². The lowest BCUT2D eigenvalue weighted by atomic mass is 10.0. The predicted octanol–water partition coefficient (Wildman–Crippen LogP) is 5.25. The highest BCUT2D eigenvalue weighted by Crippen LogP contribution is 2.30. The lowest BCUT2D eigenvalue weighted by molar-refractivity contribution is 0.516. The molecule has 1 aromatic rings. The molecule has 106 valence electrons. The largest absolute Gasteiger partial charge is 0.236 e. The minimum absolute atomic E-state index is 0.623. The molecule has 5 heteroatoms. The Hall–Kier alpha value is 0.450. The van der Waals surface area contributed by atoms with Crippen molar-refractivity contribution in [3.05, 3.63) is 20.2 Å². The summed E-state index contributed by atoms with van der Waals surface area (Å²) in [7, 11) is 0. The molecule has 0 atom stereocenters. The quantitative estimate of drug-likeness (QED) is 0.489. The summed E-state index contributed by atoms with van der Waals surface area (Å²) < 4.78 is 1.02. The number of hydrogen-bond donors (Lipinski definition) is 0. The van der Waals surface area contributed by atoms with E-state index in [1.54, 1.807) is 0 Å². The highest BCUT2D eigenvalue weighted by atomic mass is 127. The van der Waals surface area contributed by atoms with Gasteiger partial charge in [-0.3, -0.25) is 0 Å². The average Bonchev–Trinajstić information content (AvgIpc) is 2.43. The first-order chi connectivity index (χ1) is 9.20. The summed E-state index contributed by atoms with van der Waals surface area (Å²) in [6.07, 6.45) is 8.96. The molecule has 1 aliphatic carbocycles. The van der Waals surface area contributed by atoms with Crippen molar-refractivity contribution in [1.82, 2.24) is 9.97 Å². The number of halogens is 2. The average molecular weight is 411 g/mol. The normalized spacial score (nSPS) is 16.8. The van der Waals surface area contributed by atoms with Crippen molar-refractivity contribution in [3.8, 4) is 0 Å². The molecule has 1 fully saturated rings. The van der Waals surface area contributed by atoms with Gasteiger partial charge in [0.05, 0.1) is 15.0 Å². The maximum absolute atomic E-state index is 6.21. The van der Waals surface area contributed by atoms with Crippen LogP contribution in [0, 0.1) is 3.57 Å². The first-order valence-corrected chi connectivity index (χ1v) is 9.53. The summed E-state index contributed by atoms with van der Waals surface area (Å²) >= 11 is 10.5. The van der Waals surface area contributed by atoms with Crippen molar-refractivity contribution in [3.63, 3.8) is 0 Å². The van der Waals surface area contributed by atoms with Gasteiger partial charge in [-0.2, -0.15) is 11.8 Å². The summed E-state index contributed by atoms with van der Waals surface area (Å²) in [6, 6.07) is 0. The van der Waals surface area contributed by atoms with Crippen molar-refractivity contribution in [2.75, 3.05) is 0 Å². The van der Waals surface area contributed by atoms with E-state index >= 15 is 0 Å². The fraction of sp³-hybridized carbons (Fsp3) is 0.714. The van der Waals surface area contributed by atoms with Crippen molar-refractivity contribution >= 4 is 46.0 Å². The van der Waals surface area contributed by atoms with Gasteiger partial charge in [0.1, 0.15) is 11.0 Å². The Morgan fingerprint density at radius 3 is 2.68 bits per heavy atom. The molecular formula is C14H20ClIN2S. The van der Waals surface area contributed by atoms with Gasteiger partial charge in [0.25, 0.3) is 0 Å². The third-order valence-corrected chi connectivity index (χ3v) is 6.51. The van der Waals surface area contributed by atoms with E-state index in [-0.39, 0.29) is 0 Å². The lowest BCUT2D eigenvalue weighted by Crippen LogP contribution is -2.09. The number of hydrogen-bond acceptors (Lipinski definition) is 3. The molecule has 0 amide bonds. The van der Waals surface area contributed by atoms with Gasteiger partial charge in [-0.15, -0.1) is 0 Å². The number of aryl methyl sites for hydroxylation is 1. The Kier molecular flexibility index (Phi) is 6.69. The van der Waals surface area contributed by atoms with Crippen LogP contribution in [0.5, 0.6) is 0 Å². The number of aromatic nitrogens is 2. The van der Waals surface area contributed by atoms with Crippen LogP contribution in [-0.2, 0) is 12.2 Å². The fourth-order valence-electron chi connectivity index (χ4n) is 2.40. The monoisotopic (exact) mass is 410 g/mol. The molecule has 19 heavy (non-hydrogen) atoms. The minimum atomic E-state index is 0.623. The van der Waals surface area contributed by atoms with Gasteiger partial charge in [0.15, 0.2) is 0 Å². The Morgan fingerprint density at radius 2 is 2.00 bits per heavy atom. The maximum atomic E-state index is 6.21. The van der Waals surface area contributed by atoms with Gasteiger partial charge in [-0.05, 0) is 41.9 Å². The summed E-state index contributed by atoms with van der Waals surface area (Å²) in [5.74, 6) is 1.81. The van der Waals surface area contributed by atoms with Crippen LogP contribution in [0.25, 0.3) is 0 Å². The van der Waals surface area contributed by atoms with E-state index in [4.69, 9.17) is 11.6 Å². The Morgan fingerprint density at radius 1 is 1.26 bits per heavy atom. The topological polar surface area (TPSA) is 25.8 Å². The summed E-state index contributed by atoms with van der Waals surface area (Å²) in [6.45, 7) is 2.17. The number of nitrogens with zero attached hydrogens (tertiary/aromatic N) is 2. The molecule has 0 radical (unpaired) electrons. The highest BCUT2D eigenvalue weighted by Gasteiger charge is 2.16. The molecular weight excluding hydrogens is 391 g/mol. The van der Waals surface area contributed by atoms with Crippen LogP contribution in [0.4, 0.5) is 0 Å². The maximum Gasteiger partial charge on any atom is 0.146 e. The Labute approximate surface area is 138 Å². The van der Waals surface area contributed by atoms with Gasteiger partial charge in [0, 0.05) is 5.25 Å². The molecule has 0 aliphatic heterocycles. The Bertz CT molecular complexity index is 422. The SMILES string of the molecule is CCCc1nc(CSC2CCCCC2)nc(Cl)c1I. The smallest absolute Gasteiger partial charge is 0.146 e. The molecule has 0 bridgehead atoms. The van der Waals surface area contributed by atoms with Crippen LogP contribution in [0.1, 0.15) is 57.0 Å². The van der Waals surface area contributed by atoms with Crippen LogP contribution < -0.4 is 0 Å². The zero-order chi connectivity index (χ0) is 13.7. The second kappa shape index (κ2) is 8.03. The number of rotatable bonds is 5. The molecule has 2 rings (SSSR count). The van der Waals surface area contributed by atoms with Crippen LogP contribution in [0.15, 0.2) is 0 Å². The van der Waals surface area contributed by atoms with E-state index in [0.29, 0.717) is 5.15 Å². The van der Waals surface area contributed by atoms with Crippen molar-refractivity contribution in [1.29, 1.82) is 0 Å². The van der Waals surface area contributed by atoms with Crippen molar-refractivity contribution in [2.24, 2.45) is 0 Å². The second-order valence-electron chi connectivity index (χ2n) is 5.01. The van der Waals surface area contributed by atoms with Crippen LogP contribution >= 0.6 is 46.0 Å². The third kappa shape index (κ3) is 4.74. The van der Waals surface area contributed by atoms with Crippen molar-refractivity contribution < 1.29 is 0 Å². The first kappa shape index (κ1) is 15.8. The summed E-state index contributed by atoms with van der Waals surface area (Å²) in [5.41, 5.74) is 1.11. The molecule has 0 aromatic carbocycles. The van der Waals surface area contributed by atoms with Gasteiger partial charge >= 0.3 is 0 Å². The number of thioether (sulfide) groups is 1. The van der Waals surface area contributed by atoms with Crippen LogP contribution in [0.3, 0.4) is 0 Å². The van der Waals surface area contributed by atoms with Gasteiger partial charge in [0.2, 0.25) is 0 Å². The molecule has 0 N–H and O–H groups in total. The van der Waals surface area contributed by atoms with E-state index in [9.17, 15) is 0 Å². The van der Waals surface area contributed by atoms with Crippen LogP contribution in [0.2, 0.25) is 5.15 Å². The summed E-state index contributed by atoms with van der Waals surface area (Å²) in [5, 5.41) is 1.42. The van der Waals surface area contributed by atoms with E-state index in [0.717, 1.165) is 38.9 Å². The molecule has 1 saturated carbocycles. The fourth-order valence-corrected chi connectivity index (χ4v) is 4.30. The molecule has 0 saturated heterocycles. The van der Waals surface area contributed by atoms with E-state index < -0.39 is 0 Å².